The average molecular weight is 315 g/mol. The van der Waals surface area contributed by atoms with Gasteiger partial charge in [0.1, 0.15) is 5.82 Å². The van der Waals surface area contributed by atoms with E-state index in [9.17, 15) is 17.6 Å². The molecule has 5 nitrogen and oxygen atoms in total. The number of rotatable bonds is 5. The quantitative estimate of drug-likeness (QED) is 0.874. The van der Waals surface area contributed by atoms with Crippen molar-refractivity contribution in [1.29, 1.82) is 0 Å². The predicted octanol–water partition coefficient (Wildman–Crippen LogP) is 2.38. The second-order valence-corrected chi connectivity index (χ2v) is 7.12. The molecule has 0 amide bonds. The lowest BCUT2D eigenvalue weighted by Crippen LogP contribution is -2.37. The van der Waals surface area contributed by atoms with Gasteiger partial charge in [-0.1, -0.05) is 12.8 Å². The highest BCUT2D eigenvalue weighted by Gasteiger charge is 2.27. The Hall–Kier alpha value is -1.47. The summed E-state index contributed by atoms with van der Waals surface area (Å²) in [5, 5.41) is 8.86. The van der Waals surface area contributed by atoms with Gasteiger partial charge in [-0.05, 0) is 43.9 Å². The summed E-state index contributed by atoms with van der Waals surface area (Å²) >= 11 is 0. The van der Waals surface area contributed by atoms with Crippen LogP contribution in [0.15, 0.2) is 23.1 Å². The van der Waals surface area contributed by atoms with Crippen LogP contribution in [-0.4, -0.2) is 25.5 Å². The maximum atomic E-state index is 13.3. The minimum atomic E-state index is -3.85. The fourth-order valence-corrected chi connectivity index (χ4v) is 4.04. The summed E-state index contributed by atoms with van der Waals surface area (Å²) in [6.07, 6.45) is 4.15. The molecule has 0 spiro atoms. The molecule has 0 heterocycles. The van der Waals surface area contributed by atoms with Gasteiger partial charge in [0.15, 0.2) is 0 Å². The molecule has 21 heavy (non-hydrogen) atoms. The van der Waals surface area contributed by atoms with Crippen molar-refractivity contribution in [2.75, 3.05) is 0 Å². The summed E-state index contributed by atoms with van der Waals surface area (Å²) < 4.78 is 40.4. The molecule has 0 aromatic heterocycles. The first-order chi connectivity index (χ1) is 9.81. The Balaban J connectivity index is 2.23. The van der Waals surface area contributed by atoms with Gasteiger partial charge in [-0.3, -0.25) is 0 Å². The first-order valence-corrected chi connectivity index (χ1v) is 8.35. The van der Waals surface area contributed by atoms with Gasteiger partial charge in [0, 0.05) is 6.04 Å². The van der Waals surface area contributed by atoms with Gasteiger partial charge >= 0.3 is 5.97 Å². The van der Waals surface area contributed by atoms with Crippen molar-refractivity contribution in [1.82, 2.24) is 4.72 Å². The Labute approximate surface area is 123 Å². The highest BCUT2D eigenvalue weighted by atomic mass is 32.2. The van der Waals surface area contributed by atoms with Gasteiger partial charge < -0.3 is 5.11 Å². The molecule has 1 atom stereocenters. The van der Waals surface area contributed by atoms with E-state index in [4.69, 9.17) is 5.11 Å². The highest BCUT2D eigenvalue weighted by Crippen LogP contribution is 2.28. The standard InChI is InChI=1S/C14H18FNO4S/c1-9(10-4-2-3-5-10)16-21(19,20)11-6-7-13(15)12(8-11)14(17)18/h6-10,16H,2-5H2,1H3,(H,17,18)/t9-/m0/s1. The van der Waals surface area contributed by atoms with E-state index >= 15 is 0 Å². The number of sulfonamides is 1. The molecule has 0 bridgehead atoms. The summed E-state index contributed by atoms with van der Waals surface area (Å²) in [5.41, 5.74) is -0.647. The van der Waals surface area contributed by atoms with Gasteiger partial charge in [-0.15, -0.1) is 0 Å². The lowest BCUT2D eigenvalue weighted by atomic mass is 10.0. The zero-order valence-electron chi connectivity index (χ0n) is 11.7. The molecule has 2 N–H and O–H groups in total. The number of carboxylic acid groups (broad SMARTS) is 1. The van der Waals surface area contributed by atoms with E-state index < -0.39 is 27.4 Å². The number of carboxylic acids is 1. The SMILES string of the molecule is C[C@H](NS(=O)(=O)c1ccc(F)c(C(=O)O)c1)C1CCCC1. The van der Waals surface area contributed by atoms with Crippen LogP contribution in [0.25, 0.3) is 0 Å². The third kappa shape index (κ3) is 3.59. The fraction of sp³-hybridized carbons (Fsp3) is 0.500. The summed E-state index contributed by atoms with van der Waals surface area (Å²) in [6.45, 7) is 1.80. The van der Waals surface area contributed by atoms with Gasteiger partial charge in [0.25, 0.3) is 0 Å². The van der Waals surface area contributed by atoms with Crippen LogP contribution in [0.4, 0.5) is 4.39 Å². The molecule has 1 aliphatic carbocycles. The van der Waals surface area contributed by atoms with Crippen LogP contribution in [0.5, 0.6) is 0 Å². The largest absolute Gasteiger partial charge is 0.478 e. The smallest absolute Gasteiger partial charge is 0.338 e. The number of halogens is 1. The summed E-state index contributed by atoms with van der Waals surface area (Å²) in [4.78, 5) is 10.6. The molecule has 1 aromatic rings. The molecule has 0 unspecified atom stereocenters. The average Bonchev–Trinajstić information content (AvgIpc) is 2.92. The number of aromatic carboxylic acids is 1. The van der Waals surface area contributed by atoms with Gasteiger partial charge in [-0.2, -0.15) is 0 Å². The third-order valence-electron chi connectivity index (χ3n) is 3.93. The Morgan fingerprint density at radius 2 is 2.00 bits per heavy atom. The molecule has 116 valence electrons. The number of carbonyl (C=O) groups is 1. The molecule has 1 aliphatic rings. The lowest BCUT2D eigenvalue weighted by molar-refractivity contribution is 0.0691. The highest BCUT2D eigenvalue weighted by molar-refractivity contribution is 7.89. The molecular weight excluding hydrogens is 297 g/mol. The van der Waals surface area contributed by atoms with E-state index in [2.05, 4.69) is 4.72 Å². The van der Waals surface area contributed by atoms with Crippen LogP contribution in [0.1, 0.15) is 43.0 Å². The number of hydrogen-bond acceptors (Lipinski definition) is 3. The van der Waals surface area contributed by atoms with Gasteiger partial charge in [0.2, 0.25) is 10.0 Å². The maximum Gasteiger partial charge on any atom is 0.338 e. The Morgan fingerprint density at radius 1 is 1.38 bits per heavy atom. The van der Waals surface area contributed by atoms with Crippen molar-refractivity contribution in [2.24, 2.45) is 5.92 Å². The second-order valence-electron chi connectivity index (χ2n) is 5.40. The van der Waals surface area contributed by atoms with Crippen LogP contribution < -0.4 is 4.72 Å². The number of hydrogen-bond donors (Lipinski definition) is 2. The minimum absolute atomic E-state index is 0.226. The molecule has 1 fully saturated rings. The molecule has 1 saturated carbocycles. The number of nitrogens with one attached hydrogen (secondary N) is 1. The minimum Gasteiger partial charge on any atom is -0.478 e. The van der Waals surface area contributed by atoms with E-state index in [1.54, 1.807) is 6.92 Å². The van der Waals surface area contributed by atoms with Gasteiger partial charge in [-0.25, -0.2) is 22.3 Å². The zero-order chi connectivity index (χ0) is 15.6. The van der Waals surface area contributed by atoms with E-state index in [1.807, 2.05) is 0 Å². The molecule has 2 rings (SSSR count). The molecule has 0 saturated heterocycles. The summed E-state index contributed by atoms with van der Waals surface area (Å²) in [7, 11) is -3.85. The van der Waals surface area contributed by atoms with Gasteiger partial charge in [0.05, 0.1) is 10.5 Å². The Morgan fingerprint density at radius 3 is 2.57 bits per heavy atom. The van der Waals surface area contributed by atoms with E-state index in [1.165, 1.54) is 0 Å². The monoisotopic (exact) mass is 315 g/mol. The Kier molecular flexibility index (Phi) is 4.63. The van der Waals surface area contributed by atoms with Crippen LogP contribution in [-0.2, 0) is 10.0 Å². The number of benzene rings is 1. The zero-order valence-corrected chi connectivity index (χ0v) is 12.5. The van der Waals surface area contributed by atoms with E-state index in [-0.39, 0.29) is 10.9 Å². The molecule has 0 radical (unpaired) electrons. The van der Waals surface area contributed by atoms with Crippen molar-refractivity contribution < 1.29 is 22.7 Å². The summed E-state index contributed by atoms with van der Waals surface area (Å²) in [6, 6.07) is 2.56. The Bertz CT molecular complexity index is 638. The molecular formula is C14H18FNO4S. The molecule has 0 aliphatic heterocycles. The van der Waals surface area contributed by atoms with Crippen LogP contribution in [0, 0.1) is 11.7 Å². The summed E-state index contributed by atoms with van der Waals surface area (Å²) in [5.74, 6) is -2.15. The van der Waals surface area contributed by atoms with Crippen molar-refractivity contribution in [3.05, 3.63) is 29.6 Å². The van der Waals surface area contributed by atoms with Crippen molar-refractivity contribution >= 4 is 16.0 Å². The fourth-order valence-electron chi connectivity index (χ4n) is 2.70. The van der Waals surface area contributed by atoms with Crippen molar-refractivity contribution in [3.63, 3.8) is 0 Å². The first kappa shape index (κ1) is 15.9. The van der Waals surface area contributed by atoms with Crippen LogP contribution in [0.3, 0.4) is 0 Å². The van der Waals surface area contributed by atoms with E-state index in [0.717, 1.165) is 43.9 Å². The van der Waals surface area contributed by atoms with E-state index in [0.29, 0.717) is 5.92 Å². The van der Waals surface area contributed by atoms with Crippen molar-refractivity contribution in [2.45, 2.75) is 43.5 Å². The molecule has 7 heteroatoms. The van der Waals surface area contributed by atoms with Crippen LogP contribution in [0.2, 0.25) is 0 Å². The predicted molar refractivity (Wildman–Crippen MR) is 75.1 cm³/mol. The normalized spacial score (nSPS) is 17.8. The topological polar surface area (TPSA) is 83.5 Å². The lowest BCUT2D eigenvalue weighted by Gasteiger charge is -2.20. The van der Waals surface area contributed by atoms with Crippen molar-refractivity contribution in [3.8, 4) is 0 Å². The molecule has 1 aromatic carbocycles. The maximum absolute atomic E-state index is 13.3. The van der Waals surface area contributed by atoms with Crippen LogP contribution >= 0.6 is 0 Å². The third-order valence-corrected chi connectivity index (χ3v) is 5.48. The first-order valence-electron chi connectivity index (χ1n) is 6.86. The second kappa shape index (κ2) is 6.11.